The van der Waals surface area contributed by atoms with Gasteiger partial charge in [-0.2, -0.15) is 10.5 Å². The van der Waals surface area contributed by atoms with Gasteiger partial charge in [0.25, 0.3) is 0 Å². The van der Waals surface area contributed by atoms with Crippen molar-refractivity contribution < 1.29 is 28.5 Å². The summed E-state index contributed by atoms with van der Waals surface area (Å²) in [4.78, 5) is 40.1. The summed E-state index contributed by atoms with van der Waals surface area (Å²) in [6.45, 7) is 14.6. The van der Waals surface area contributed by atoms with Crippen LogP contribution in [0.2, 0.25) is 5.02 Å². The number of hydrogen-bond donors (Lipinski definition) is 6. The lowest BCUT2D eigenvalue weighted by atomic mass is 9.80. The van der Waals surface area contributed by atoms with Gasteiger partial charge in [-0.05, 0) is 158 Å². The summed E-state index contributed by atoms with van der Waals surface area (Å²) in [6, 6.07) is 35.7. The molecule has 2 aliphatic heterocycles. The van der Waals surface area contributed by atoms with E-state index in [1.807, 2.05) is 120 Å². The number of aromatic nitrogens is 2. The molecule has 2 aliphatic rings. The van der Waals surface area contributed by atoms with Crippen LogP contribution in [0.3, 0.4) is 0 Å². The van der Waals surface area contributed by atoms with Crippen molar-refractivity contribution >= 4 is 68.4 Å². The molecule has 7 aromatic rings. The van der Waals surface area contributed by atoms with Gasteiger partial charge in [0, 0.05) is 96.6 Å². The van der Waals surface area contributed by atoms with Crippen LogP contribution in [0.5, 0.6) is 23.0 Å². The maximum Gasteiger partial charge on any atom is 0.248 e. The zero-order chi connectivity index (χ0) is 62.3. The minimum Gasteiger partial charge on any atom is -0.492 e. The molecule has 4 heterocycles. The van der Waals surface area contributed by atoms with Crippen molar-refractivity contribution in [2.45, 2.75) is 78.5 Å². The lowest BCUT2D eigenvalue weighted by molar-refractivity contribution is -0.116. The van der Waals surface area contributed by atoms with Gasteiger partial charge in [0.15, 0.2) is 0 Å². The number of anilines is 6. The standard InChI is InChI=1S/C69H79ClN12O6/c1-9-85-64-33-56-52(31-58(64)78-66(83)20-15-25-81(6)7)68(48(35-71)38-75-56)77-50-22-23-62(54(70)30-50)87-42-61-51(47-18-12-11-13-19-47)29-46(37-74-61)40-82(8)26-16-21-67(84)79-59-32-53-57(34-65(59)86-10-2)76-39-49(36-72)69(53)80-55-27-45(5)63(28-44(55)4)88-41-60-43(3)17-14-24-73-60/h11-14,16-19,21-24,27-28,30-34,39,46,48,51,61,68,74-75,77H,9-10,15,20,25-26,29,37-38,40-42H2,1-8H3,(H,76,80)(H,78,83)(H,79,84)/b21-16+. The molecular formula is C69H79ClN12O6. The van der Waals surface area contributed by atoms with E-state index >= 15 is 0 Å². The Morgan fingerprint density at radius 1 is 0.807 bits per heavy atom. The lowest BCUT2D eigenvalue weighted by Crippen LogP contribution is -2.49. The average molecular weight is 1210 g/mol. The Balaban J connectivity index is 0.816. The molecule has 18 nitrogen and oxygen atoms in total. The number of carbonyl (C=O) groups is 2. The molecule has 0 bridgehead atoms. The van der Waals surface area contributed by atoms with Crippen LogP contribution >= 0.6 is 11.6 Å². The summed E-state index contributed by atoms with van der Waals surface area (Å²) >= 11 is 7.00. The molecule has 5 unspecified atom stereocenters. The summed E-state index contributed by atoms with van der Waals surface area (Å²) < 4.78 is 24.7. The fourth-order valence-electron chi connectivity index (χ4n) is 11.4. The summed E-state index contributed by atoms with van der Waals surface area (Å²) in [5, 5.41) is 42.1. The number of rotatable bonds is 26. The van der Waals surface area contributed by atoms with Gasteiger partial charge in [0.2, 0.25) is 11.8 Å². The Bertz CT molecular complexity index is 3720. The Morgan fingerprint density at radius 2 is 1.59 bits per heavy atom. The summed E-state index contributed by atoms with van der Waals surface area (Å²) in [5.74, 6) is 1.89. The molecular weight excluding hydrogens is 1130 g/mol. The largest absolute Gasteiger partial charge is 0.492 e. The SMILES string of the molecule is CCOc1cc2ncc(C#N)c(Nc3cc(C)c(OCc4ncccc4C)cc3C)c2cc1NC(=O)/C=C/CN(C)CC1CNC(COc2ccc(NC3c4cc(NC(=O)CCCN(C)C)c(OCC)cc4NCC3C#N)cc2Cl)C(c2ccccc2)C1. The third-order valence-electron chi connectivity index (χ3n) is 16.0. The molecule has 0 saturated carbocycles. The molecule has 0 spiro atoms. The molecule has 19 heteroatoms. The van der Waals surface area contributed by atoms with Crippen molar-refractivity contribution in [2.24, 2.45) is 11.8 Å². The first-order valence-electron chi connectivity index (χ1n) is 30.0. The molecule has 1 saturated heterocycles. The topological polar surface area (TPSA) is 223 Å². The molecule has 1 fully saturated rings. The van der Waals surface area contributed by atoms with E-state index in [4.69, 9.17) is 30.5 Å². The first-order chi connectivity index (χ1) is 42.6. The van der Waals surface area contributed by atoms with Gasteiger partial charge >= 0.3 is 0 Å². The number of amides is 2. The maximum atomic E-state index is 13.7. The van der Waals surface area contributed by atoms with Gasteiger partial charge in [-0.15, -0.1) is 0 Å². The van der Waals surface area contributed by atoms with Crippen LogP contribution in [-0.4, -0.2) is 111 Å². The average Bonchev–Trinajstić information content (AvgIpc) is 1.08. The predicted octanol–water partition coefficient (Wildman–Crippen LogP) is 12.5. The smallest absolute Gasteiger partial charge is 0.248 e. The van der Waals surface area contributed by atoms with Gasteiger partial charge in [0.05, 0.1) is 70.1 Å². The highest BCUT2D eigenvalue weighted by Gasteiger charge is 2.34. The predicted molar refractivity (Wildman–Crippen MR) is 349 cm³/mol. The number of hydrogen-bond acceptors (Lipinski definition) is 16. The third kappa shape index (κ3) is 16.2. The molecule has 5 aromatic carbocycles. The second-order valence-corrected chi connectivity index (χ2v) is 23.2. The number of pyridine rings is 2. The lowest BCUT2D eigenvalue weighted by Gasteiger charge is -2.38. The molecule has 0 radical (unpaired) electrons. The molecule has 5 atom stereocenters. The number of likely N-dealkylation sites (N-methyl/N-ethyl adjacent to an activating group) is 1. The van der Waals surface area contributed by atoms with Crippen LogP contribution in [0.4, 0.5) is 34.1 Å². The van der Waals surface area contributed by atoms with Gasteiger partial charge in [-0.1, -0.05) is 54.1 Å². The number of aryl methyl sites for hydroxylation is 3. The summed E-state index contributed by atoms with van der Waals surface area (Å²) in [5.41, 5.74) is 10.6. The van der Waals surface area contributed by atoms with E-state index < -0.39 is 12.0 Å². The van der Waals surface area contributed by atoms with Crippen LogP contribution in [0.25, 0.3) is 10.9 Å². The minimum absolute atomic E-state index is 0.00738. The normalized spacial score (nSPS) is 17.1. The monoisotopic (exact) mass is 1210 g/mol. The zero-order valence-electron chi connectivity index (χ0n) is 51.4. The van der Waals surface area contributed by atoms with Crippen molar-refractivity contribution in [2.75, 3.05) is 100 Å². The zero-order valence-corrected chi connectivity index (χ0v) is 52.2. The van der Waals surface area contributed by atoms with Gasteiger partial charge < -0.3 is 60.6 Å². The summed E-state index contributed by atoms with van der Waals surface area (Å²) in [7, 11) is 6.02. The number of piperidine rings is 1. The van der Waals surface area contributed by atoms with E-state index in [1.165, 1.54) is 5.56 Å². The number of carbonyl (C=O) groups excluding carboxylic acids is 2. The van der Waals surface area contributed by atoms with Gasteiger partial charge in [-0.25, -0.2) is 0 Å². The highest BCUT2D eigenvalue weighted by atomic mass is 35.5. The second-order valence-electron chi connectivity index (χ2n) is 22.8. The van der Waals surface area contributed by atoms with E-state index in [2.05, 4.69) is 90.2 Å². The van der Waals surface area contributed by atoms with Crippen molar-refractivity contribution in [3.63, 3.8) is 0 Å². The van der Waals surface area contributed by atoms with Crippen LogP contribution < -0.4 is 50.8 Å². The van der Waals surface area contributed by atoms with Crippen LogP contribution in [0.15, 0.2) is 122 Å². The van der Waals surface area contributed by atoms with Gasteiger partial charge in [0.1, 0.15) is 42.3 Å². The minimum atomic E-state index is -0.431. The first-order valence-corrected chi connectivity index (χ1v) is 30.4. The molecule has 458 valence electrons. The molecule has 88 heavy (non-hydrogen) atoms. The van der Waals surface area contributed by atoms with E-state index in [0.29, 0.717) is 108 Å². The van der Waals surface area contributed by atoms with E-state index in [1.54, 1.807) is 30.6 Å². The van der Waals surface area contributed by atoms with Crippen molar-refractivity contribution in [1.29, 1.82) is 10.5 Å². The van der Waals surface area contributed by atoms with Crippen LogP contribution in [-0.2, 0) is 16.2 Å². The van der Waals surface area contributed by atoms with Crippen molar-refractivity contribution in [1.82, 2.24) is 25.1 Å². The van der Waals surface area contributed by atoms with E-state index in [0.717, 1.165) is 83.2 Å². The summed E-state index contributed by atoms with van der Waals surface area (Å²) in [6.07, 6.45) is 8.70. The van der Waals surface area contributed by atoms with Crippen molar-refractivity contribution in [3.8, 4) is 35.1 Å². The molecule has 0 aliphatic carbocycles. The molecule has 6 N–H and O–H groups in total. The Kier molecular flexibility index (Phi) is 21.8. The Hall–Kier alpha value is -8.91. The molecule has 9 rings (SSSR count). The number of nitrogens with zero attached hydrogens (tertiary/aromatic N) is 6. The highest BCUT2D eigenvalue weighted by Crippen LogP contribution is 2.43. The number of fused-ring (bicyclic) bond motifs is 2. The van der Waals surface area contributed by atoms with Crippen LogP contribution in [0, 0.1) is 55.3 Å². The quantitative estimate of drug-likeness (QED) is 0.0277. The number of nitrogens with one attached hydrogen (secondary N) is 6. The Labute approximate surface area is 521 Å². The van der Waals surface area contributed by atoms with E-state index in [9.17, 15) is 20.1 Å². The number of benzene rings is 5. The second kappa shape index (κ2) is 30.1. The van der Waals surface area contributed by atoms with Crippen molar-refractivity contribution in [3.05, 3.63) is 166 Å². The van der Waals surface area contributed by atoms with Crippen LogP contribution in [0.1, 0.15) is 84.1 Å². The fraction of sp³-hybridized carbons (Fsp3) is 0.362. The molecule has 2 aromatic heterocycles. The highest BCUT2D eigenvalue weighted by molar-refractivity contribution is 6.32. The Morgan fingerprint density at radius 3 is 2.33 bits per heavy atom. The fourth-order valence-corrected chi connectivity index (χ4v) is 11.6. The first kappa shape index (κ1) is 63.6. The molecule has 2 amide bonds. The maximum absolute atomic E-state index is 13.7. The number of ether oxygens (including phenoxy) is 4. The van der Waals surface area contributed by atoms with E-state index in [-0.39, 0.29) is 23.8 Å². The van der Waals surface area contributed by atoms with Gasteiger partial charge in [-0.3, -0.25) is 19.6 Å². The third-order valence-corrected chi connectivity index (χ3v) is 16.3. The number of nitriles is 2. The number of halogens is 1.